The molecule has 2 aromatic heterocycles. The Balaban J connectivity index is 1.70. The van der Waals surface area contributed by atoms with Crippen LogP contribution >= 0.6 is 11.6 Å². The second kappa shape index (κ2) is 6.80. The number of nitrogens with zero attached hydrogens (tertiary/aromatic N) is 2. The van der Waals surface area contributed by atoms with Crippen LogP contribution in [0.15, 0.2) is 53.7 Å². The maximum Gasteiger partial charge on any atom is 0.240 e. The van der Waals surface area contributed by atoms with E-state index in [1.54, 1.807) is 6.20 Å². The van der Waals surface area contributed by atoms with Crippen molar-refractivity contribution in [2.75, 3.05) is 13.7 Å². The van der Waals surface area contributed by atoms with Crippen molar-refractivity contribution in [2.24, 2.45) is 0 Å². The molecule has 6 nitrogen and oxygen atoms in total. The summed E-state index contributed by atoms with van der Waals surface area (Å²) in [4.78, 5) is 4.41. The Kier molecular flexibility index (Phi) is 4.75. The van der Waals surface area contributed by atoms with Crippen LogP contribution in [0.2, 0.25) is 5.02 Å². The van der Waals surface area contributed by atoms with E-state index in [2.05, 4.69) is 9.71 Å². The highest BCUT2D eigenvalue weighted by molar-refractivity contribution is 7.89. The zero-order valence-electron chi connectivity index (χ0n) is 12.9. The topological polar surface area (TPSA) is 72.7 Å². The fraction of sp³-hybridized carbons (Fsp3) is 0.188. The Hall–Kier alpha value is -2.09. The van der Waals surface area contributed by atoms with Gasteiger partial charge in [0, 0.05) is 19.2 Å². The number of ether oxygens (including phenoxy) is 1. The molecule has 0 bridgehead atoms. The Morgan fingerprint density at radius 2 is 2.12 bits per heavy atom. The largest absolute Gasteiger partial charge is 0.495 e. The zero-order chi connectivity index (χ0) is 17.2. The van der Waals surface area contributed by atoms with E-state index >= 15 is 0 Å². The lowest BCUT2D eigenvalue weighted by Crippen LogP contribution is -2.26. The number of hydrogen-bond donors (Lipinski definition) is 1. The van der Waals surface area contributed by atoms with Gasteiger partial charge in [0.25, 0.3) is 0 Å². The number of halogens is 1. The quantitative estimate of drug-likeness (QED) is 0.728. The van der Waals surface area contributed by atoms with Crippen molar-refractivity contribution < 1.29 is 13.2 Å². The first-order chi connectivity index (χ1) is 11.5. The number of methoxy groups -OCH3 is 1. The van der Waals surface area contributed by atoms with Gasteiger partial charge < -0.3 is 9.14 Å². The average molecular weight is 366 g/mol. The number of sulfonamides is 1. The predicted molar refractivity (Wildman–Crippen MR) is 92.1 cm³/mol. The van der Waals surface area contributed by atoms with Gasteiger partial charge in [-0.3, -0.25) is 0 Å². The molecule has 0 saturated carbocycles. The van der Waals surface area contributed by atoms with E-state index in [1.807, 2.05) is 28.8 Å². The van der Waals surface area contributed by atoms with Gasteiger partial charge in [-0.15, -0.1) is 0 Å². The van der Waals surface area contributed by atoms with E-state index in [4.69, 9.17) is 16.3 Å². The maximum absolute atomic E-state index is 12.3. The number of rotatable bonds is 6. The third kappa shape index (κ3) is 3.38. The first-order valence-electron chi connectivity index (χ1n) is 7.25. The summed E-state index contributed by atoms with van der Waals surface area (Å²) in [5.41, 5.74) is 0.970. The molecule has 0 aliphatic carbocycles. The fourth-order valence-electron chi connectivity index (χ4n) is 2.38. The monoisotopic (exact) mass is 365 g/mol. The molecule has 0 unspecified atom stereocenters. The summed E-state index contributed by atoms with van der Waals surface area (Å²) in [6.45, 7) is 0.236. The minimum absolute atomic E-state index is 0.0984. The molecule has 0 aliphatic rings. The molecular weight excluding hydrogens is 350 g/mol. The Morgan fingerprint density at radius 3 is 2.88 bits per heavy atom. The number of nitrogens with one attached hydrogen (secondary N) is 1. The minimum Gasteiger partial charge on any atom is -0.495 e. The molecule has 3 rings (SSSR count). The Morgan fingerprint density at radius 1 is 1.29 bits per heavy atom. The van der Waals surface area contributed by atoms with Crippen molar-refractivity contribution in [1.82, 2.24) is 14.1 Å². The second-order valence-electron chi connectivity index (χ2n) is 5.11. The molecule has 24 heavy (non-hydrogen) atoms. The van der Waals surface area contributed by atoms with Crippen LogP contribution in [0.1, 0.15) is 5.82 Å². The maximum atomic E-state index is 12.3. The lowest BCUT2D eigenvalue weighted by atomic mass is 10.3. The molecule has 0 fully saturated rings. The van der Waals surface area contributed by atoms with Gasteiger partial charge in [-0.25, -0.2) is 18.1 Å². The lowest BCUT2D eigenvalue weighted by molar-refractivity contribution is 0.414. The summed E-state index contributed by atoms with van der Waals surface area (Å²) in [5, 5.41) is 0.250. The first kappa shape index (κ1) is 16.8. The number of benzene rings is 1. The number of fused-ring (bicyclic) bond motifs is 1. The first-order valence-corrected chi connectivity index (χ1v) is 9.11. The smallest absolute Gasteiger partial charge is 0.240 e. The van der Waals surface area contributed by atoms with Crippen LogP contribution in [0.4, 0.5) is 0 Å². The number of imidazole rings is 1. The fourth-order valence-corrected chi connectivity index (χ4v) is 3.76. The molecule has 1 N–H and O–H groups in total. The summed E-state index contributed by atoms with van der Waals surface area (Å²) in [6.07, 6.45) is 4.13. The second-order valence-corrected chi connectivity index (χ2v) is 7.29. The van der Waals surface area contributed by atoms with Crippen LogP contribution in [0.3, 0.4) is 0 Å². The zero-order valence-corrected chi connectivity index (χ0v) is 14.5. The van der Waals surface area contributed by atoms with Gasteiger partial charge in [0.15, 0.2) is 0 Å². The van der Waals surface area contributed by atoms with Gasteiger partial charge in [-0.2, -0.15) is 0 Å². The van der Waals surface area contributed by atoms with Crippen LogP contribution in [-0.4, -0.2) is 31.5 Å². The molecule has 0 saturated heterocycles. The van der Waals surface area contributed by atoms with Crippen molar-refractivity contribution in [1.29, 1.82) is 0 Å². The van der Waals surface area contributed by atoms with Crippen LogP contribution in [0.25, 0.3) is 5.52 Å². The van der Waals surface area contributed by atoms with Crippen LogP contribution in [-0.2, 0) is 16.4 Å². The summed E-state index contributed by atoms with van der Waals surface area (Å²) < 4.78 is 34.2. The lowest BCUT2D eigenvalue weighted by Gasteiger charge is -2.09. The van der Waals surface area contributed by atoms with E-state index < -0.39 is 10.0 Å². The molecule has 8 heteroatoms. The van der Waals surface area contributed by atoms with E-state index in [9.17, 15) is 8.42 Å². The van der Waals surface area contributed by atoms with Gasteiger partial charge >= 0.3 is 0 Å². The number of hydrogen-bond acceptors (Lipinski definition) is 4. The Bertz CT molecular complexity index is 970. The predicted octanol–water partition coefficient (Wildman–Crippen LogP) is 2.52. The molecule has 126 valence electrons. The van der Waals surface area contributed by atoms with Crippen LogP contribution < -0.4 is 9.46 Å². The number of aromatic nitrogens is 2. The molecule has 2 heterocycles. The molecular formula is C16H16ClN3O3S. The van der Waals surface area contributed by atoms with Crippen LogP contribution in [0.5, 0.6) is 5.75 Å². The highest BCUT2D eigenvalue weighted by atomic mass is 35.5. The van der Waals surface area contributed by atoms with Crippen molar-refractivity contribution in [2.45, 2.75) is 11.3 Å². The summed E-state index contributed by atoms with van der Waals surface area (Å²) >= 11 is 5.99. The van der Waals surface area contributed by atoms with Gasteiger partial charge in [0.2, 0.25) is 10.0 Å². The third-order valence-electron chi connectivity index (χ3n) is 3.59. The molecule has 0 aliphatic heterocycles. The molecule has 3 aromatic rings. The van der Waals surface area contributed by atoms with E-state index in [-0.39, 0.29) is 16.5 Å². The highest BCUT2D eigenvalue weighted by Gasteiger charge is 2.16. The van der Waals surface area contributed by atoms with Crippen molar-refractivity contribution in [3.05, 3.63) is 59.6 Å². The van der Waals surface area contributed by atoms with E-state index in [0.29, 0.717) is 12.2 Å². The molecule has 0 atom stereocenters. The SMILES string of the molecule is COc1ccc(S(=O)(=O)NCCc2ncc3ccccn23)cc1Cl. The minimum atomic E-state index is -3.64. The summed E-state index contributed by atoms with van der Waals surface area (Å²) in [5.74, 6) is 1.22. The van der Waals surface area contributed by atoms with E-state index in [0.717, 1.165) is 11.3 Å². The van der Waals surface area contributed by atoms with Gasteiger partial charge in [0.1, 0.15) is 11.6 Å². The van der Waals surface area contributed by atoms with Crippen molar-refractivity contribution in [3.8, 4) is 5.75 Å². The summed E-state index contributed by atoms with van der Waals surface area (Å²) in [7, 11) is -2.17. The van der Waals surface area contributed by atoms with Gasteiger partial charge in [-0.1, -0.05) is 17.7 Å². The summed E-state index contributed by atoms with van der Waals surface area (Å²) in [6, 6.07) is 10.1. The number of pyridine rings is 1. The highest BCUT2D eigenvalue weighted by Crippen LogP contribution is 2.26. The van der Waals surface area contributed by atoms with Crippen LogP contribution in [0, 0.1) is 0 Å². The normalized spacial score (nSPS) is 11.8. The van der Waals surface area contributed by atoms with Crippen molar-refractivity contribution in [3.63, 3.8) is 0 Å². The standard InChI is InChI=1S/C16H16ClN3O3S/c1-23-15-6-5-13(10-14(15)17)24(21,22)19-8-7-16-18-11-12-4-2-3-9-20(12)16/h2-6,9-11,19H,7-8H2,1H3. The molecule has 0 spiro atoms. The van der Waals surface area contributed by atoms with Gasteiger partial charge in [0.05, 0.1) is 28.7 Å². The molecule has 0 radical (unpaired) electrons. The van der Waals surface area contributed by atoms with E-state index in [1.165, 1.54) is 25.3 Å². The molecule has 0 amide bonds. The molecule has 1 aromatic carbocycles. The third-order valence-corrected chi connectivity index (χ3v) is 5.34. The van der Waals surface area contributed by atoms with Crippen molar-refractivity contribution >= 4 is 27.1 Å². The average Bonchev–Trinajstić information content (AvgIpc) is 2.98. The van der Waals surface area contributed by atoms with Gasteiger partial charge in [-0.05, 0) is 30.3 Å². The Labute approximate surface area is 145 Å².